The van der Waals surface area contributed by atoms with Gasteiger partial charge in [-0.2, -0.15) is 5.06 Å². The highest BCUT2D eigenvalue weighted by atomic mass is 16.7. The van der Waals surface area contributed by atoms with Crippen molar-refractivity contribution in [2.24, 2.45) is 46.3 Å². The van der Waals surface area contributed by atoms with Crippen molar-refractivity contribution in [2.45, 2.75) is 136 Å². The van der Waals surface area contributed by atoms with Crippen molar-refractivity contribution in [1.29, 1.82) is 0 Å². The molecular weight excluding hydrogens is 488 g/mol. The highest BCUT2D eigenvalue weighted by molar-refractivity contribution is 5.83. The maximum atomic E-state index is 12.4. The Balaban J connectivity index is 1.24. The largest absolute Gasteiger partial charge is 0.393 e. The third kappa shape index (κ3) is 5.36. The van der Waals surface area contributed by atoms with Gasteiger partial charge in [0.1, 0.15) is 0 Å². The molecule has 5 aliphatic rings. The Hall–Kier alpha value is -0.980. The summed E-state index contributed by atoms with van der Waals surface area (Å²) < 4.78 is 0. The summed E-state index contributed by atoms with van der Waals surface area (Å²) >= 11 is 0. The number of amides is 1. The number of nitrogens with zero attached hydrogens (tertiary/aromatic N) is 1. The Bertz CT molecular complexity index is 895. The van der Waals surface area contributed by atoms with Crippen LogP contribution in [0.5, 0.6) is 0 Å². The minimum atomic E-state index is -0.220. The van der Waals surface area contributed by atoms with E-state index in [1.807, 2.05) is 18.9 Å². The summed E-state index contributed by atoms with van der Waals surface area (Å²) in [6, 6.07) is -0.0561. The van der Waals surface area contributed by atoms with Crippen molar-refractivity contribution >= 4 is 11.7 Å². The van der Waals surface area contributed by atoms with E-state index in [2.05, 4.69) is 26.1 Å². The summed E-state index contributed by atoms with van der Waals surface area (Å²) in [5, 5.41) is 16.7. The van der Waals surface area contributed by atoms with Gasteiger partial charge in [-0.1, -0.05) is 27.7 Å². The van der Waals surface area contributed by atoms with Crippen LogP contribution in [0, 0.1) is 46.3 Å². The van der Waals surface area contributed by atoms with E-state index in [4.69, 9.17) is 4.84 Å². The van der Waals surface area contributed by atoms with Gasteiger partial charge in [-0.05, 0) is 124 Å². The molecule has 0 aromatic carbocycles. The fourth-order valence-electron chi connectivity index (χ4n) is 10.7. The van der Waals surface area contributed by atoms with Gasteiger partial charge in [-0.15, -0.1) is 0 Å². The molecule has 0 aromatic rings. The summed E-state index contributed by atoms with van der Waals surface area (Å²) in [5.41, 5.74) is 0.555. The zero-order valence-corrected chi connectivity index (χ0v) is 25.4. The first-order chi connectivity index (χ1) is 18.6. The van der Waals surface area contributed by atoms with Crippen molar-refractivity contribution in [3.05, 3.63) is 0 Å². The fraction of sp³-hybridized carbons (Fsp3) is 0.939. The molecule has 6 heteroatoms. The van der Waals surface area contributed by atoms with Gasteiger partial charge in [0.2, 0.25) is 5.91 Å². The molecule has 11 atom stereocenters. The highest BCUT2D eigenvalue weighted by Gasteiger charge is 2.63. The van der Waals surface area contributed by atoms with Crippen LogP contribution in [-0.2, 0) is 14.4 Å². The molecule has 4 saturated carbocycles. The van der Waals surface area contributed by atoms with Crippen LogP contribution in [0.25, 0.3) is 0 Å². The Morgan fingerprint density at radius 1 is 1.03 bits per heavy atom. The van der Waals surface area contributed by atoms with Crippen molar-refractivity contribution in [3.8, 4) is 0 Å². The molecule has 39 heavy (non-hydrogen) atoms. The van der Waals surface area contributed by atoms with Gasteiger partial charge in [0.05, 0.1) is 18.2 Å². The number of hydrogen-bond acceptors (Lipinski definition) is 5. The zero-order chi connectivity index (χ0) is 27.9. The van der Waals surface area contributed by atoms with Gasteiger partial charge >= 0.3 is 0 Å². The van der Waals surface area contributed by atoms with Gasteiger partial charge in [-0.25, -0.2) is 0 Å². The number of carbonyl (C=O) groups is 2. The molecule has 5 rings (SSSR count). The van der Waals surface area contributed by atoms with Crippen LogP contribution in [0.4, 0.5) is 0 Å². The van der Waals surface area contributed by atoms with E-state index < -0.39 is 0 Å². The van der Waals surface area contributed by atoms with Crippen LogP contribution < -0.4 is 5.32 Å². The molecule has 1 aliphatic heterocycles. The van der Waals surface area contributed by atoms with Crippen molar-refractivity contribution in [1.82, 2.24) is 10.4 Å². The Labute approximate surface area is 237 Å². The normalized spacial score (nSPS) is 44.8. The Kier molecular flexibility index (Phi) is 8.87. The second kappa shape index (κ2) is 11.7. The molecule has 5 unspecified atom stereocenters. The van der Waals surface area contributed by atoms with E-state index in [-0.39, 0.29) is 35.0 Å². The van der Waals surface area contributed by atoms with Crippen molar-refractivity contribution in [2.75, 3.05) is 13.1 Å². The van der Waals surface area contributed by atoms with Gasteiger partial charge in [0.25, 0.3) is 0 Å². The lowest BCUT2D eigenvalue weighted by Crippen LogP contribution is -2.59. The molecule has 2 N–H and O–H groups in total. The van der Waals surface area contributed by atoms with Crippen LogP contribution in [0.3, 0.4) is 0 Å². The number of ketones is 1. The lowest BCUT2D eigenvalue weighted by Gasteiger charge is -2.62. The number of carbonyl (C=O) groups excluding carboxylic acids is 2. The first kappa shape index (κ1) is 29.5. The van der Waals surface area contributed by atoms with Crippen LogP contribution in [0.15, 0.2) is 0 Å². The Morgan fingerprint density at radius 3 is 2.51 bits per heavy atom. The summed E-state index contributed by atoms with van der Waals surface area (Å²) in [4.78, 5) is 31.1. The number of aliphatic hydroxyl groups excluding tert-OH is 1. The number of rotatable bonds is 9. The maximum Gasteiger partial charge on any atom is 0.219 e. The first-order valence-electron chi connectivity index (χ1n) is 16.5. The molecule has 222 valence electrons. The second-order valence-corrected chi connectivity index (χ2v) is 14.6. The molecule has 0 spiro atoms. The molecule has 0 aromatic heterocycles. The highest BCUT2D eigenvalue weighted by Crippen LogP contribution is 2.68. The smallest absolute Gasteiger partial charge is 0.219 e. The first-order valence-corrected chi connectivity index (χ1v) is 16.5. The minimum Gasteiger partial charge on any atom is -0.393 e. The van der Waals surface area contributed by atoms with Crippen LogP contribution in [-0.4, -0.2) is 53.2 Å². The van der Waals surface area contributed by atoms with E-state index in [0.717, 1.165) is 45.1 Å². The van der Waals surface area contributed by atoms with Gasteiger partial charge in [0.15, 0.2) is 5.78 Å². The standard InChI is InChI=1S/C33H56N2O4/c1-6-28(36)27-9-8-18-35(27)39-23-14-16-32(4)22(19-23)20-29(37)31-25-12-11-24(33(25,5)17-15-26(31)32)21(3)10-13-30(38)34-7-2/h21-27,29,31,37H,6-20H2,1-5H3,(H,34,38)/t21-,22-,23+,24?,25?,26?,27-,29?,31?,32-,33+/m0/s1. The third-order valence-electron chi connectivity index (χ3n) is 12.8. The number of hydrogen-bond donors (Lipinski definition) is 2. The van der Waals surface area contributed by atoms with Gasteiger partial charge in [0, 0.05) is 25.9 Å². The lowest BCUT2D eigenvalue weighted by molar-refractivity contribution is -0.238. The third-order valence-corrected chi connectivity index (χ3v) is 12.8. The monoisotopic (exact) mass is 544 g/mol. The average molecular weight is 545 g/mol. The topological polar surface area (TPSA) is 78.9 Å². The molecular formula is C33H56N2O4. The number of Topliss-reactive ketones (excluding diaryl/α,β-unsaturated/α-hetero) is 1. The molecule has 1 saturated heterocycles. The number of fused-ring (bicyclic) bond motifs is 5. The van der Waals surface area contributed by atoms with E-state index >= 15 is 0 Å². The molecule has 1 heterocycles. The van der Waals surface area contributed by atoms with E-state index in [0.29, 0.717) is 60.7 Å². The number of nitrogens with one attached hydrogen (secondary N) is 1. The SMILES string of the molecule is CCNC(=O)CC[C@H](C)C1CCC2C3C(O)C[C@@H]4C[C@H](ON5CCC[C@H]5C(=O)CC)CC[C@]4(C)C3CC[C@@]21C. The molecule has 5 fully saturated rings. The molecule has 0 bridgehead atoms. The average Bonchev–Trinajstić information content (AvgIpc) is 3.51. The van der Waals surface area contributed by atoms with E-state index in [1.165, 1.54) is 32.1 Å². The van der Waals surface area contributed by atoms with Crippen LogP contribution >= 0.6 is 0 Å². The van der Waals surface area contributed by atoms with Crippen LogP contribution in [0.1, 0.15) is 118 Å². The second-order valence-electron chi connectivity index (χ2n) is 14.6. The summed E-state index contributed by atoms with van der Waals surface area (Å²) in [6.45, 7) is 13.0. The quantitative estimate of drug-likeness (QED) is 0.377. The predicted molar refractivity (Wildman–Crippen MR) is 154 cm³/mol. The van der Waals surface area contributed by atoms with Gasteiger partial charge < -0.3 is 10.4 Å². The summed E-state index contributed by atoms with van der Waals surface area (Å²) in [6.07, 6.45) is 13.2. The minimum absolute atomic E-state index is 0.0561. The van der Waals surface area contributed by atoms with E-state index in [1.54, 1.807) is 0 Å². The number of aliphatic hydroxyl groups is 1. The maximum absolute atomic E-state index is 12.4. The summed E-state index contributed by atoms with van der Waals surface area (Å²) in [7, 11) is 0. The molecule has 4 aliphatic carbocycles. The molecule has 1 amide bonds. The van der Waals surface area contributed by atoms with E-state index in [9.17, 15) is 14.7 Å². The fourth-order valence-corrected chi connectivity index (χ4v) is 10.7. The van der Waals surface area contributed by atoms with Crippen molar-refractivity contribution < 1.29 is 19.5 Å². The zero-order valence-electron chi connectivity index (χ0n) is 25.4. The summed E-state index contributed by atoms with van der Waals surface area (Å²) in [5.74, 6) is 3.79. The predicted octanol–water partition coefficient (Wildman–Crippen LogP) is 5.91. The van der Waals surface area contributed by atoms with Crippen LogP contribution in [0.2, 0.25) is 0 Å². The van der Waals surface area contributed by atoms with Gasteiger partial charge in [-0.3, -0.25) is 14.4 Å². The number of hydroxylamine groups is 2. The Morgan fingerprint density at radius 2 is 1.77 bits per heavy atom. The van der Waals surface area contributed by atoms with Crippen molar-refractivity contribution in [3.63, 3.8) is 0 Å². The lowest BCUT2D eigenvalue weighted by atomic mass is 9.43. The molecule has 0 radical (unpaired) electrons. The molecule has 6 nitrogen and oxygen atoms in total.